The molecular formula is C13H14ClFN2. The number of rotatable bonds is 2. The molecule has 0 aliphatic carbocycles. The average Bonchev–Trinajstić information content (AvgIpc) is 2.35. The molecule has 4 heteroatoms. The van der Waals surface area contributed by atoms with Gasteiger partial charge >= 0.3 is 0 Å². The first-order valence-electron chi connectivity index (χ1n) is 5.72. The Kier molecular flexibility index (Phi) is 3.66. The maximum absolute atomic E-state index is 13.7. The summed E-state index contributed by atoms with van der Waals surface area (Å²) >= 11 is 6.00. The van der Waals surface area contributed by atoms with Gasteiger partial charge in [-0.05, 0) is 37.9 Å². The zero-order valence-electron chi connectivity index (χ0n) is 9.47. The van der Waals surface area contributed by atoms with Gasteiger partial charge in [-0.2, -0.15) is 5.26 Å². The Morgan fingerprint density at radius 3 is 2.94 bits per heavy atom. The van der Waals surface area contributed by atoms with Crippen molar-refractivity contribution in [3.63, 3.8) is 0 Å². The molecule has 0 bridgehead atoms. The van der Waals surface area contributed by atoms with Gasteiger partial charge in [0, 0.05) is 17.1 Å². The highest BCUT2D eigenvalue weighted by Crippen LogP contribution is 2.33. The number of benzene rings is 1. The number of nitrogens with one attached hydrogen (secondary N) is 1. The number of hydrogen-bond acceptors (Lipinski definition) is 2. The highest BCUT2D eigenvalue weighted by atomic mass is 35.5. The molecule has 1 aliphatic rings. The molecule has 17 heavy (non-hydrogen) atoms. The summed E-state index contributed by atoms with van der Waals surface area (Å²) in [6, 6.07) is 6.97. The highest BCUT2D eigenvalue weighted by molar-refractivity contribution is 6.31. The summed E-state index contributed by atoms with van der Waals surface area (Å²) in [5.41, 5.74) is -0.0659. The fraction of sp³-hybridized carbons (Fsp3) is 0.462. The van der Waals surface area contributed by atoms with E-state index in [9.17, 15) is 9.65 Å². The summed E-state index contributed by atoms with van der Waals surface area (Å²) in [6.45, 7) is 1.53. The molecule has 0 saturated carbocycles. The molecule has 0 spiro atoms. The van der Waals surface area contributed by atoms with Gasteiger partial charge in [-0.25, -0.2) is 4.39 Å². The second-order valence-corrected chi connectivity index (χ2v) is 4.96. The van der Waals surface area contributed by atoms with Gasteiger partial charge in [0.25, 0.3) is 0 Å². The molecule has 0 aromatic heterocycles. The summed E-state index contributed by atoms with van der Waals surface area (Å²) in [4.78, 5) is 0. The molecular weight excluding hydrogens is 239 g/mol. The summed E-state index contributed by atoms with van der Waals surface area (Å²) < 4.78 is 13.7. The minimum Gasteiger partial charge on any atom is -0.315 e. The van der Waals surface area contributed by atoms with E-state index in [2.05, 4.69) is 11.4 Å². The maximum Gasteiger partial charge on any atom is 0.127 e. The Bertz CT molecular complexity index is 427. The van der Waals surface area contributed by atoms with Gasteiger partial charge in [0.2, 0.25) is 0 Å². The van der Waals surface area contributed by atoms with Crippen LogP contribution in [0.3, 0.4) is 0 Å². The molecule has 1 unspecified atom stereocenters. The van der Waals surface area contributed by atoms with Gasteiger partial charge < -0.3 is 5.32 Å². The monoisotopic (exact) mass is 252 g/mol. The third-order valence-electron chi connectivity index (χ3n) is 3.29. The first-order chi connectivity index (χ1) is 8.17. The van der Waals surface area contributed by atoms with E-state index in [1.807, 2.05) is 0 Å². The van der Waals surface area contributed by atoms with Crippen LogP contribution >= 0.6 is 11.6 Å². The quantitative estimate of drug-likeness (QED) is 0.879. The van der Waals surface area contributed by atoms with E-state index in [-0.39, 0.29) is 5.82 Å². The van der Waals surface area contributed by atoms with Gasteiger partial charge in [0.05, 0.1) is 11.5 Å². The molecule has 2 rings (SSSR count). The second-order valence-electron chi connectivity index (χ2n) is 4.55. The number of nitriles is 1. The molecule has 0 radical (unpaired) electrons. The number of piperidine rings is 1. The highest BCUT2D eigenvalue weighted by Gasteiger charge is 2.33. The van der Waals surface area contributed by atoms with E-state index in [1.54, 1.807) is 12.1 Å². The topological polar surface area (TPSA) is 35.8 Å². The van der Waals surface area contributed by atoms with Gasteiger partial charge in [-0.15, -0.1) is 0 Å². The lowest BCUT2D eigenvalue weighted by Gasteiger charge is -2.31. The third-order valence-corrected chi connectivity index (χ3v) is 3.64. The Labute approximate surface area is 105 Å². The maximum atomic E-state index is 13.7. The molecule has 1 N–H and O–H groups in total. The standard InChI is InChI=1S/C13H14ClFN2/c14-11-3-1-4-12(15)10(11)7-13(8-16)5-2-6-17-9-13/h1,3-4,17H,2,5-7,9H2. The van der Waals surface area contributed by atoms with E-state index < -0.39 is 5.41 Å². The van der Waals surface area contributed by atoms with E-state index in [4.69, 9.17) is 11.6 Å². The van der Waals surface area contributed by atoms with Crippen molar-refractivity contribution >= 4 is 11.6 Å². The first-order valence-corrected chi connectivity index (χ1v) is 6.09. The van der Waals surface area contributed by atoms with Crippen molar-refractivity contribution in [2.45, 2.75) is 19.3 Å². The average molecular weight is 253 g/mol. The fourth-order valence-corrected chi connectivity index (χ4v) is 2.52. The molecule has 0 amide bonds. The zero-order chi connectivity index (χ0) is 12.3. The first kappa shape index (κ1) is 12.3. The van der Waals surface area contributed by atoms with E-state index in [0.717, 1.165) is 19.4 Å². The van der Waals surface area contributed by atoms with Crippen molar-refractivity contribution in [3.8, 4) is 6.07 Å². The third kappa shape index (κ3) is 2.59. The smallest absolute Gasteiger partial charge is 0.127 e. The van der Waals surface area contributed by atoms with Crippen LogP contribution in [0.15, 0.2) is 18.2 Å². The lowest BCUT2D eigenvalue weighted by atomic mass is 9.77. The molecule has 1 saturated heterocycles. The number of halogens is 2. The molecule has 1 aromatic carbocycles. The van der Waals surface area contributed by atoms with Crippen molar-refractivity contribution in [2.75, 3.05) is 13.1 Å². The van der Waals surface area contributed by atoms with Crippen LogP contribution in [0.25, 0.3) is 0 Å². The van der Waals surface area contributed by atoms with Gasteiger partial charge in [0.1, 0.15) is 5.82 Å². The summed E-state index contributed by atoms with van der Waals surface area (Å²) in [5, 5.41) is 12.9. The normalized spacial score (nSPS) is 24.3. The van der Waals surface area contributed by atoms with Crippen molar-refractivity contribution in [1.29, 1.82) is 5.26 Å². The lowest BCUT2D eigenvalue weighted by molar-refractivity contribution is 0.283. The summed E-state index contributed by atoms with van der Waals surface area (Å²) in [6.07, 6.45) is 2.11. The molecule has 1 aliphatic heterocycles. The number of hydrogen-bond donors (Lipinski definition) is 1. The predicted molar refractivity (Wildman–Crippen MR) is 65.3 cm³/mol. The van der Waals surface area contributed by atoms with Gasteiger partial charge in [0.15, 0.2) is 0 Å². The molecule has 2 nitrogen and oxygen atoms in total. The number of nitrogens with zero attached hydrogens (tertiary/aromatic N) is 1. The SMILES string of the molecule is N#CC1(Cc2c(F)cccc2Cl)CCCNC1. The van der Waals surface area contributed by atoms with E-state index in [0.29, 0.717) is 23.6 Å². The summed E-state index contributed by atoms with van der Waals surface area (Å²) in [7, 11) is 0. The van der Waals surface area contributed by atoms with Crippen LogP contribution in [0.1, 0.15) is 18.4 Å². The Balaban J connectivity index is 2.27. The Hall–Kier alpha value is -1.11. The fourth-order valence-electron chi connectivity index (χ4n) is 2.29. The van der Waals surface area contributed by atoms with E-state index in [1.165, 1.54) is 6.07 Å². The molecule has 1 heterocycles. The molecule has 1 aromatic rings. The molecule has 1 atom stereocenters. The zero-order valence-corrected chi connectivity index (χ0v) is 10.2. The van der Waals surface area contributed by atoms with Crippen LogP contribution in [-0.4, -0.2) is 13.1 Å². The van der Waals surface area contributed by atoms with Crippen molar-refractivity contribution in [1.82, 2.24) is 5.32 Å². The minimum absolute atomic E-state index is 0.322. The van der Waals surface area contributed by atoms with Crippen molar-refractivity contribution < 1.29 is 4.39 Å². The predicted octanol–water partition coefficient (Wildman–Crippen LogP) is 2.91. The second kappa shape index (κ2) is 5.03. The largest absolute Gasteiger partial charge is 0.315 e. The Morgan fingerprint density at radius 2 is 2.35 bits per heavy atom. The van der Waals surface area contributed by atoms with Crippen LogP contribution < -0.4 is 5.32 Å². The molecule has 90 valence electrons. The van der Waals surface area contributed by atoms with Gasteiger partial charge in [-0.3, -0.25) is 0 Å². The lowest BCUT2D eigenvalue weighted by Crippen LogP contribution is -2.40. The van der Waals surface area contributed by atoms with Crippen molar-refractivity contribution in [2.24, 2.45) is 5.41 Å². The van der Waals surface area contributed by atoms with Crippen LogP contribution in [0.2, 0.25) is 5.02 Å². The van der Waals surface area contributed by atoms with Crippen LogP contribution in [0, 0.1) is 22.6 Å². The minimum atomic E-state index is -0.524. The molecule has 1 fully saturated rings. The van der Waals surface area contributed by atoms with Gasteiger partial charge in [-0.1, -0.05) is 17.7 Å². The van der Waals surface area contributed by atoms with Crippen LogP contribution in [-0.2, 0) is 6.42 Å². The van der Waals surface area contributed by atoms with Crippen molar-refractivity contribution in [3.05, 3.63) is 34.6 Å². The van der Waals surface area contributed by atoms with Crippen LogP contribution in [0.5, 0.6) is 0 Å². The summed E-state index contributed by atoms with van der Waals surface area (Å²) in [5.74, 6) is -0.322. The van der Waals surface area contributed by atoms with Crippen LogP contribution in [0.4, 0.5) is 4.39 Å². The Morgan fingerprint density at radius 1 is 1.53 bits per heavy atom. The van der Waals surface area contributed by atoms with E-state index >= 15 is 0 Å².